The molecule has 0 unspecified atom stereocenters. The number of nitrogens with one attached hydrogen (secondary N) is 1. The lowest BCUT2D eigenvalue weighted by Gasteiger charge is -2.06. The van der Waals surface area contributed by atoms with Crippen LogP contribution in [0.1, 0.15) is 25.7 Å². The molecule has 0 saturated heterocycles. The first kappa shape index (κ1) is 13.9. The van der Waals surface area contributed by atoms with Gasteiger partial charge in [0.1, 0.15) is 0 Å². The molecular formula is C12H16ClFN2O. The number of carbonyl (C=O) groups excluding carboxylic acids is 1. The fourth-order valence-electron chi connectivity index (χ4n) is 1.42. The molecule has 0 spiro atoms. The van der Waals surface area contributed by atoms with Gasteiger partial charge in [-0.1, -0.05) is 24.1 Å². The number of anilines is 1. The van der Waals surface area contributed by atoms with E-state index in [9.17, 15) is 9.18 Å². The van der Waals surface area contributed by atoms with Crippen molar-refractivity contribution in [1.82, 2.24) is 0 Å². The van der Waals surface area contributed by atoms with E-state index in [1.54, 1.807) is 6.07 Å². The molecule has 1 rings (SSSR count). The maximum atomic E-state index is 13.4. The maximum Gasteiger partial charge on any atom is 0.224 e. The van der Waals surface area contributed by atoms with Crippen LogP contribution in [0.5, 0.6) is 0 Å². The molecule has 0 bridgehead atoms. The SMILES string of the molecule is NCCCCCC(=O)Nc1cccc(Cl)c1F. The number of benzene rings is 1. The van der Waals surface area contributed by atoms with Crippen LogP contribution < -0.4 is 11.1 Å². The summed E-state index contributed by atoms with van der Waals surface area (Å²) >= 11 is 5.60. The molecule has 0 atom stereocenters. The van der Waals surface area contributed by atoms with Crippen molar-refractivity contribution in [3.05, 3.63) is 29.0 Å². The van der Waals surface area contributed by atoms with Gasteiger partial charge in [0, 0.05) is 6.42 Å². The van der Waals surface area contributed by atoms with Crippen LogP contribution in [0.25, 0.3) is 0 Å². The Kier molecular flexibility index (Phi) is 5.94. The number of halogens is 2. The van der Waals surface area contributed by atoms with Crippen LogP contribution in [0.15, 0.2) is 18.2 Å². The van der Waals surface area contributed by atoms with Crippen LogP contribution in [0, 0.1) is 5.82 Å². The van der Waals surface area contributed by atoms with Crippen molar-refractivity contribution in [3.63, 3.8) is 0 Å². The number of hydrogen-bond acceptors (Lipinski definition) is 2. The van der Waals surface area contributed by atoms with E-state index in [2.05, 4.69) is 5.32 Å². The van der Waals surface area contributed by atoms with Crippen LogP contribution in [0.3, 0.4) is 0 Å². The lowest BCUT2D eigenvalue weighted by Crippen LogP contribution is -2.12. The number of unbranched alkanes of at least 4 members (excludes halogenated alkanes) is 2. The van der Waals surface area contributed by atoms with E-state index in [-0.39, 0.29) is 16.6 Å². The summed E-state index contributed by atoms with van der Waals surface area (Å²) in [7, 11) is 0. The highest BCUT2D eigenvalue weighted by atomic mass is 35.5. The molecule has 0 saturated carbocycles. The minimum atomic E-state index is -0.593. The Morgan fingerprint density at radius 1 is 1.35 bits per heavy atom. The molecule has 3 nitrogen and oxygen atoms in total. The molecule has 0 aliphatic rings. The standard InChI is InChI=1S/C12H16ClFN2O/c13-9-5-4-6-10(12(9)14)16-11(17)7-2-1-3-8-15/h4-6H,1-3,7-8,15H2,(H,16,17). The average molecular weight is 259 g/mol. The summed E-state index contributed by atoms with van der Waals surface area (Å²) in [5.74, 6) is -0.798. The van der Waals surface area contributed by atoms with Crippen molar-refractivity contribution >= 4 is 23.2 Å². The number of amides is 1. The van der Waals surface area contributed by atoms with Gasteiger partial charge in [-0.15, -0.1) is 0 Å². The molecule has 0 aromatic heterocycles. The Labute approximate surface area is 105 Å². The second-order valence-electron chi connectivity index (χ2n) is 3.75. The fraction of sp³-hybridized carbons (Fsp3) is 0.417. The first-order chi connectivity index (χ1) is 8.15. The van der Waals surface area contributed by atoms with Gasteiger partial charge in [-0.25, -0.2) is 4.39 Å². The predicted octanol–water partition coefficient (Wildman–Crippen LogP) is 2.94. The van der Waals surface area contributed by atoms with Crippen molar-refractivity contribution in [2.75, 3.05) is 11.9 Å². The smallest absolute Gasteiger partial charge is 0.224 e. The Hall–Kier alpha value is -1.13. The zero-order chi connectivity index (χ0) is 12.7. The van der Waals surface area contributed by atoms with Gasteiger partial charge in [0.25, 0.3) is 0 Å². The van der Waals surface area contributed by atoms with Gasteiger partial charge in [-0.05, 0) is 31.5 Å². The summed E-state index contributed by atoms with van der Waals surface area (Å²) in [5.41, 5.74) is 5.47. The van der Waals surface area contributed by atoms with Crippen LogP contribution in [-0.2, 0) is 4.79 Å². The number of nitrogens with two attached hydrogens (primary N) is 1. The monoisotopic (exact) mass is 258 g/mol. The van der Waals surface area contributed by atoms with Gasteiger partial charge in [0.15, 0.2) is 5.82 Å². The molecule has 0 radical (unpaired) electrons. The van der Waals surface area contributed by atoms with Crippen LogP contribution in [0.2, 0.25) is 5.02 Å². The maximum absolute atomic E-state index is 13.4. The van der Waals surface area contributed by atoms with E-state index < -0.39 is 5.82 Å². The van der Waals surface area contributed by atoms with Crippen LogP contribution in [0.4, 0.5) is 10.1 Å². The fourth-order valence-corrected chi connectivity index (χ4v) is 1.59. The molecule has 0 aliphatic carbocycles. The molecule has 0 aliphatic heterocycles. The summed E-state index contributed by atoms with van der Waals surface area (Å²) in [4.78, 5) is 11.5. The normalized spacial score (nSPS) is 10.3. The van der Waals surface area contributed by atoms with Crippen LogP contribution in [-0.4, -0.2) is 12.5 Å². The Morgan fingerprint density at radius 2 is 2.12 bits per heavy atom. The Bertz CT molecular complexity index is 385. The summed E-state index contributed by atoms with van der Waals surface area (Å²) < 4.78 is 13.4. The molecule has 17 heavy (non-hydrogen) atoms. The molecule has 1 aromatic carbocycles. The second-order valence-corrected chi connectivity index (χ2v) is 4.16. The lowest BCUT2D eigenvalue weighted by molar-refractivity contribution is -0.116. The van der Waals surface area contributed by atoms with E-state index in [0.717, 1.165) is 19.3 Å². The van der Waals surface area contributed by atoms with E-state index in [1.807, 2.05) is 0 Å². The second kappa shape index (κ2) is 7.25. The highest BCUT2D eigenvalue weighted by molar-refractivity contribution is 6.31. The van der Waals surface area contributed by atoms with E-state index in [4.69, 9.17) is 17.3 Å². The third kappa shape index (κ3) is 4.71. The molecule has 3 N–H and O–H groups in total. The summed E-state index contributed by atoms with van der Waals surface area (Å²) in [6.45, 7) is 0.630. The molecular weight excluding hydrogens is 243 g/mol. The van der Waals surface area contributed by atoms with Gasteiger partial charge < -0.3 is 11.1 Å². The lowest BCUT2D eigenvalue weighted by atomic mass is 10.2. The average Bonchev–Trinajstić information content (AvgIpc) is 2.31. The summed E-state index contributed by atoms with van der Waals surface area (Å²) in [5, 5.41) is 2.50. The Balaban J connectivity index is 2.43. The van der Waals surface area contributed by atoms with E-state index in [1.165, 1.54) is 12.1 Å². The van der Waals surface area contributed by atoms with Gasteiger partial charge >= 0.3 is 0 Å². The Morgan fingerprint density at radius 3 is 2.82 bits per heavy atom. The molecule has 5 heteroatoms. The van der Waals surface area contributed by atoms with Crippen LogP contribution >= 0.6 is 11.6 Å². The third-order valence-electron chi connectivity index (χ3n) is 2.33. The third-order valence-corrected chi connectivity index (χ3v) is 2.63. The molecule has 94 valence electrons. The van der Waals surface area contributed by atoms with Gasteiger partial charge in [-0.2, -0.15) is 0 Å². The topological polar surface area (TPSA) is 55.1 Å². The van der Waals surface area contributed by atoms with Gasteiger partial charge in [0.2, 0.25) is 5.91 Å². The minimum Gasteiger partial charge on any atom is -0.330 e. The van der Waals surface area contributed by atoms with Crippen molar-refractivity contribution in [2.24, 2.45) is 5.73 Å². The molecule has 1 aromatic rings. The van der Waals surface area contributed by atoms with Crippen molar-refractivity contribution in [2.45, 2.75) is 25.7 Å². The van der Waals surface area contributed by atoms with Gasteiger partial charge in [0.05, 0.1) is 10.7 Å². The van der Waals surface area contributed by atoms with Crippen molar-refractivity contribution in [1.29, 1.82) is 0 Å². The highest BCUT2D eigenvalue weighted by Gasteiger charge is 2.09. The number of carbonyl (C=O) groups is 1. The summed E-state index contributed by atoms with van der Waals surface area (Å²) in [6.07, 6.45) is 2.93. The first-order valence-corrected chi connectivity index (χ1v) is 5.97. The summed E-state index contributed by atoms with van der Waals surface area (Å²) in [6, 6.07) is 4.52. The predicted molar refractivity (Wildman–Crippen MR) is 67.6 cm³/mol. The zero-order valence-electron chi connectivity index (χ0n) is 9.51. The quantitative estimate of drug-likeness (QED) is 0.771. The molecule has 0 fully saturated rings. The van der Waals surface area contributed by atoms with E-state index >= 15 is 0 Å². The van der Waals surface area contributed by atoms with Crippen molar-refractivity contribution < 1.29 is 9.18 Å². The largest absolute Gasteiger partial charge is 0.330 e. The van der Waals surface area contributed by atoms with E-state index in [0.29, 0.717) is 13.0 Å². The number of rotatable bonds is 6. The highest BCUT2D eigenvalue weighted by Crippen LogP contribution is 2.22. The zero-order valence-corrected chi connectivity index (χ0v) is 10.3. The number of hydrogen-bond donors (Lipinski definition) is 2. The minimum absolute atomic E-state index is 0.00549. The van der Waals surface area contributed by atoms with Gasteiger partial charge in [-0.3, -0.25) is 4.79 Å². The molecule has 0 heterocycles. The molecule has 1 amide bonds. The van der Waals surface area contributed by atoms with Crippen molar-refractivity contribution in [3.8, 4) is 0 Å². The first-order valence-electron chi connectivity index (χ1n) is 5.59.